The van der Waals surface area contributed by atoms with Crippen LogP contribution in [0.25, 0.3) is 0 Å². The number of nitrogens with one attached hydrogen (secondary N) is 1. The number of amides is 2. The van der Waals surface area contributed by atoms with Gasteiger partial charge in [0.2, 0.25) is 10.0 Å². The first-order chi connectivity index (χ1) is 15.8. The highest BCUT2D eigenvalue weighted by Gasteiger charge is 2.41. The normalized spacial score (nSPS) is 17.1. The number of sulfonamides is 1. The molecule has 33 heavy (non-hydrogen) atoms. The third-order valence-electron chi connectivity index (χ3n) is 5.43. The van der Waals surface area contributed by atoms with Gasteiger partial charge in [0.1, 0.15) is 6.04 Å². The molecule has 3 rings (SSSR count). The Balaban J connectivity index is 1.91. The molecule has 1 heterocycles. The van der Waals surface area contributed by atoms with Crippen LogP contribution in [0.1, 0.15) is 31.7 Å². The molecule has 0 saturated carbocycles. The number of carbonyl (C=O) groups is 2. The smallest absolute Gasteiger partial charge is 0.329 e. The van der Waals surface area contributed by atoms with Gasteiger partial charge in [-0.05, 0) is 49.2 Å². The summed E-state index contributed by atoms with van der Waals surface area (Å²) in [6.07, 6.45) is 0.965. The standard InChI is InChI=1S/C23H26N4O5S/c1-2-3-13-33(31,32)25-21(22(28)29)14-20-16-26(18-7-5-4-6-8-18)23(30)27(20)19-11-9-17(15-24)10-12-19/h4-12,20-21,25H,2-3,13-14,16H2,1H3,(H,28,29). The van der Waals surface area contributed by atoms with Crippen LogP contribution < -0.4 is 14.5 Å². The number of urea groups is 1. The maximum Gasteiger partial charge on any atom is 0.329 e. The molecular formula is C23H26N4O5S. The van der Waals surface area contributed by atoms with Gasteiger partial charge in [-0.25, -0.2) is 17.9 Å². The zero-order valence-electron chi connectivity index (χ0n) is 18.2. The van der Waals surface area contributed by atoms with E-state index in [0.717, 1.165) is 0 Å². The maximum atomic E-state index is 13.3. The molecule has 2 unspecified atom stereocenters. The number of carbonyl (C=O) groups excluding carboxylic acids is 1. The molecule has 1 fully saturated rings. The fourth-order valence-corrected chi connectivity index (χ4v) is 5.18. The fraction of sp³-hybridized carbons (Fsp3) is 0.348. The van der Waals surface area contributed by atoms with Crippen LogP contribution in [-0.4, -0.2) is 49.9 Å². The van der Waals surface area contributed by atoms with E-state index in [0.29, 0.717) is 29.8 Å². The van der Waals surface area contributed by atoms with Gasteiger partial charge < -0.3 is 5.11 Å². The third-order valence-corrected chi connectivity index (χ3v) is 6.90. The van der Waals surface area contributed by atoms with Gasteiger partial charge in [0, 0.05) is 17.9 Å². The lowest BCUT2D eigenvalue weighted by atomic mass is 10.1. The average molecular weight is 471 g/mol. The Bertz CT molecular complexity index is 1130. The topological polar surface area (TPSA) is 131 Å². The number of benzene rings is 2. The summed E-state index contributed by atoms with van der Waals surface area (Å²) in [5.41, 5.74) is 1.58. The molecule has 174 valence electrons. The quantitative estimate of drug-likeness (QED) is 0.549. The van der Waals surface area contributed by atoms with E-state index in [1.807, 2.05) is 19.1 Å². The monoisotopic (exact) mass is 470 g/mol. The van der Waals surface area contributed by atoms with Crippen molar-refractivity contribution in [3.63, 3.8) is 0 Å². The van der Waals surface area contributed by atoms with Crippen LogP contribution >= 0.6 is 0 Å². The molecule has 2 amide bonds. The Labute approximate surface area is 193 Å². The van der Waals surface area contributed by atoms with Crippen molar-refractivity contribution in [1.29, 1.82) is 5.26 Å². The highest BCUT2D eigenvalue weighted by atomic mass is 32.2. The van der Waals surface area contributed by atoms with Gasteiger partial charge in [-0.15, -0.1) is 0 Å². The zero-order chi connectivity index (χ0) is 24.0. The molecule has 2 atom stereocenters. The van der Waals surface area contributed by atoms with Crippen molar-refractivity contribution in [2.45, 2.75) is 38.3 Å². The highest BCUT2D eigenvalue weighted by Crippen LogP contribution is 2.31. The molecule has 1 saturated heterocycles. The van der Waals surface area contributed by atoms with E-state index in [4.69, 9.17) is 5.26 Å². The molecule has 9 nitrogen and oxygen atoms in total. The van der Waals surface area contributed by atoms with Crippen LogP contribution in [0.15, 0.2) is 54.6 Å². The predicted molar refractivity (Wildman–Crippen MR) is 124 cm³/mol. The molecule has 0 bridgehead atoms. The zero-order valence-corrected chi connectivity index (χ0v) is 19.0. The van der Waals surface area contributed by atoms with Crippen LogP contribution in [0.2, 0.25) is 0 Å². The molecule has 1 aliphatic heterocycles. The number of unbranched alkanes of at least 4 members (excludes halogenated alkanes) is 1. The summed E-state index contributed by atoms with van der Waals surface area (Å²) in [7, 11) is -3.78. The van der Waals surface area contributed by atoms with Gasteiger partial charge in [0.15, 0.2) is 0 Å². The van der Waals surface area contributed by atoms with Gasteiger partial charge in [-0.1, -0.05) is 31.5 Å². The molecule has 1 aliphatic rings. The summed E-state index contributed by atoms with van der Waals surface area (Å²) in [5.74, 6) is -1.47. The second-order valence-corrected chi connectivity index (χ2v) is 9.70. The average Bonchev–Trinajstić information content (AvgIpc) is 3.13. The number of anilines is 2. The first kappa shape index (κ1) is 24.2. The fourth-order valence-electron chi connectivity index (χ4n) is 3.76. The number of hydrogen-bond donors (Lipinski definition) is 2. The van der Waals surface area contributed by atoms with Gasteiger partial charge >= 0.3 is 12.0 Å². The Morgan fingerprint density at radius 1 is 1.18 bits per heavy atom. The minimum atomic E-state index is -3.78. The van der Waals surface area contributed by atoms with Crippen molar-refractivity contribution >= 4 is 33.4 Å². The Morgan fingerprint density at radius 3 is 2.42 bits per heavy atom. The Morgan fingerprint density at radius 2 is 1.85 bits per heavy atom. The largest absolute Gasteiger partial charge is 0.480 e. The molecule has 0 spiro atoms. The molecule has 2 N–H and O–H groups in total. The van der Waals surface area contributed by atoms with E-state index in [9.17, 15) is 23.1 Å². The van der Waals surface area contributed by atoms with E-state index in [2.05, 4.69) is 4.72 Å². The summed E-state index contributed by atoms with van der Waals surface area (Å²) in [4.78, 5) is 28.3. The van der Waals surface area contributed by atoms with Crippen LogP contribution in [0, 0.1) is 11.3 Å². The number of nitrogens with zero attached hydrogens (tertiary/aromatic N) is 3. The van der Waals surface area contributed by atoms with E-state index < -0.39 is 28.1 Å². The summed E-state index contributed by atoms with van der Waals surface area (Å²) < 4.78 is 27.0. The number of para-hydroxylation sites is 1. The van der Waals surface area contributed by atoms with Crippen molar-refractivity contribution < 1.29 is 23.1 Å². The Kier molecular flexibility index (Phi) is 7.68. The minimum Gasteiger partial charge on any atom is -0.480 e. The SMILES string of the molecule is CCCCS(=O)(=O)NC(CC1CN(c2ccccc2)C(=O)N1c1ccc(C#N)cc1)C(=O)O. The number of rotatable bonds is 10. The molecule has 0 radical (unpaired) electrons. The Hall–Kier alpha value is -3.42. The minimum absolute atomic E-state index is 0.115. The first-order valence-electron chi connectivity index (χ1n) is 10.6. The van der Waals surface area contributed by atoms with Crippen molar-refractivity contribution in [2.75, 3.05) is 22.1 Å². The highest BCUT2D eigenvalue weighted by molar-refractivity contribution is 7.89. The second kappa shape index (κ2) is 10.5. The number of nitriles is 1. The van der Waals surface area contributed by atoms with E-state index in [1.165, 1.54) is 9.80 Å². The van der Waals surface area contributed by atoms with E-state index >= 15 is 0 Å². The number of hydrogen-bond acceptors (Lipinski definition) is 5. The molecular weight excluding hydrogens is 444 g/mol. The summed E-state index contributed by atoms with van der Waals surface area (Å²) in [6.45, 7) is 2.03. The van der Waals surface area contributed by atoms with E-state index in [1.54, 1.807) is 48.5 Å². The molecule has 0 aromatic heterocycles. The van der Waals surface area contributed by atoms with Gasteiger partial charge in [0.25, 0.3) is 0 Å². The van der Waals surface area contributed by atoms with Crippen molar-refractivity contribution in [1.82, 2.24) is 4.72 Å². The number of carboxylic acid groups (broad SMARTS) is 1. The second-order valence-electron chi connectivity index (χ2n) is 7.83. The predicted octanol–water partition coefficient (Wildman–Crippen LogP) is 2.94. The molecule has 2 aromatic carbocycles. The van der Waals surface area contributed by atoms with Crippen LogP contribution in [0.3, 0.4) is 0 Å². The third kappa shape index (κ3) is 5.88. The molecule has 10 heteroatoms. The number of aliphatic carboxylic acids is 1. The first-order valence-corrected chi connectivity index (χ1v) is 12.3. The van der Waals surface area contributed by atoms with Crippen LogP contribution in [0.5, 0.6) is 0 Å². The lowest BCUT2D eigenvalue weighted by Crippen LogP contribution is -2.47. The van der Waals surface area contributed by atoms with Crippen molar-refractivity contribution in [3.05, 3.63) is 60.2 Å². The van der Waals surface area contributed by atoms with Crippen molar-refractivity contribution in [3.8, 4) is 6.07 Å². The maximum absolute atomic E-state index is 13.3. The van der Waals surface area contributed by atoms with Gasteiger partial charge in [0.05, 0.1) is 23.4 Å². The van der Waals surface area contributed by atoms with Crippen molar-refractivity contribution in [2.24, 2.45) is 0 Å². The van der Waals surface area contributed by atoms with Gasteiger partial charge in [-0.3, -0.25) is 14.6 Å². The van der Waals surface area contributed by atoms with Gasteiger partial charge in [-0.2, -0.15) is 5.26 Å². The number of carboxylic acids is 1. The summed E-state index contributed by atoms with van der Waals surface area (Å²) in [5, 5.41) is 18.8. The van der Waals surface area contributed by atoms with Crippen LogP contribution in [-0.2, 0) is 14.8 Å². The summed E-state index contributed by atoms with van der Waals surface area (Å²) in [6, 6.07) is 15.0. The van der Waals surface area contributed by atoms with Crippen LogP contribution in [0.4, 0.5) is 16.2 Å². The molecule has 2 aromatic rings. The lowest BCUT2D eigenvalue weighted by Gasteiger charge is -2.26. The molecule has 0 aliphatic carbocycles. The van der Waals surface area contributed by atoms with E-state index in [-0.39, 0.29) is 24.7 Å². The lowest BCUT2D eigenvalue weighted by molar-refractivity contribution is -0.139. The summed E-state index contributed by atoms with van der Waals surface area (Å²) >= 11 is 0.